The zero-order valence-electron chi connectivity index (χ0n) is 10.2. The number of alkyl halides is 1. The molecule has 2 aliphatic rings. The first kappa shape index (κ1) is 12.4. The average molecular weight is 288 g/mol. The molecule has 1 aliphatic carbocycles. The average Bonchev–Trinajstić information content (AvgIpc) is 2.88. The second kappa shape index (κ2) is 5.07. The van der Waals surface area contributed by atoms with E-state index in [0.29, 0.717) is 5.91 Å². The van der Waals surface area contributed by atoms with Crippen LogP contribution in [0.4, 0.5) is 0 Å². The Bertz CT molecular complexity index is 261. The molecule has 1 heterocycles. The number of likely N-dealkylation sites (tertiary alicyclic amines) is 1. The normalized spacial score (nSPS) is 28.6. The van der Waals surface area contributed by atoms with Crippen molar-refractivity contribution in [3.8, 4) is 0 Å². The molecule has 1 aliphatic heterocycles. The van der Waals surface area contributed by atoms with Crippen molar-refractivity contribution in [1.29, 1.82) is 0 Å². The standard InChI is InChI=1S/C13H22BrNO/c1-13(6-2-3-7-13)12(16)15-9-5-11(10-15)4-8-14/h11H,2-10H2,1H3. The van der Waals surface area contributed by atoms with Crippen molar-refractivity contribution in [2.24, 2.45) is 11.3 Å². The van der Waals surface area contributed by atoms with Gasteiger partial charge in [-0.1, -0.05) is 35.7 Å². The van der Waals surface area contributed by atoms with Gasteiger partial charge in [0.25, 0.3) is 0 Å². The van der Waals surface area contributed by atoms with E-state index in [1.54, 1.807) is 0 Å². The van der Waals surface area contributed by atoms with Crippen LogP contribution in [-0.2, 0) is 4.79 Å². The number of halogens is 1. The summed E-state index contributed by atoms with van der Waals surface area (Å²) in [5, 5.41) is 1.07. The summed E-state index contributed by atoms with van der Waals surface area (Å²) in [7, 11) is 0. The summed E-state index contributed by atoms with van der Waals surface area (Å²) in [6, 6.07) is 0. The minimum Gasteiger partial charge on any atom is -0.342 e. The van der Waals surface area contributed by atoms with Crippen molar-refractivity contribution in [3.05, 3.63) is 0 Å². The van der Waals surface area contributed by atoms with Gasteiger partial charge in [-0.25, -0.2) is 0 Å². The van der Waals surface area contributed by atoms with Gasteiger partial charge in [0.15, 0.2) is 0 Å². The first-order chi connectivity index (χ1) is 7.65. The van der Waals surface area contributed by atoms with Gasteiger partial charge >= 0.3 is 0 Å². The van der Waals surface area contributed by atoms with Crippen molar-refractivity contribution in [1.82, 2.24) is 4.90 Å². The van der Waals surface area contributed by atoms with Crippen LogP contribution in [0, 0.1) is 11.3 Å². The maximum absolute atomic E-state index is 12.4. The van der Waals surface area contributed by atoms with Gasteiger partial charge in [-0.05, 0) is 31.6 Å². The van der Waals surface area contributed by atoms with Gasteiger partial charge in [0, 0.05) is 23.8 Å². The molecule has 0 N–H and O–H groups in total. The number of carbonyl (C=O) groups is 1. The smallest absolute Gasteiger partial charge is 0.228 e. The highest BCUT2D eigenvalue weighted by molar-refractivity contribution is 9.09. The Balaban J connectivity index is 1.91. The van der Waals surface area contributed by atoms with Crippen LogP contribution in [0.3, 0.4) is 0 Å². The number of nitrogens with zero attached hydrogens (tertiary/aromatic N) is 1. The Morgan fingerprint density at radius 2 is 2.12 bits per heavy atom. The summed E-state index contributed by atoms with van der Waals surface area (Å²) < 4.78 is 0. The van der Waals surface area contributed by atoms with E-state index in [4.69, 9.17) is 0 Å². The molecule has 0 aromatic heterocycles. The summed E-state index contributed by atoms with van der Waals surface area (Å²) in [5.41, 5.74) is -0.0245. The third kappa shape index (κ3) is 2.44. The van der Waals surface area contributed by atoms with Gasteiger partial charge in [-0.2, -0.15) is 0 Å². The van der Waals surface area contributed by atoms with Crippen molar-refractivity contribution in [2.45, 2.75) is 45.4 Å². The van der Waals surface area contributed by atoms with Crippen LogP contribution in [-0.4, -0.2) is 29.2 Å². The summed E-state index contributed by atoms with van der Waals surface area (Å²) in [6.07, 6.45) is 7.09. The minimum atomic E-state index is -0.0245. The van der Waals surface area contributed by atoms with Gasteiger partial charge < -0.3 is 4.90 Å². The van der Waals surface area contributed by atoms with E-state index < -0.39 is 0 Å². The molecule has 1 saturated heterocycles. The SMILES string of the molecule is CC1(C(=O)N2CCC(CCBr)C2)CCCC1. The zero-order valence-corrected chi connectivity index (χ0v) is 11.8. The molecule has 92 valence electrons. The van der Waals surface area contributed by atoms with E-state index in [1.165, 1.54) is 25.7 Å². The molecule has 3 heteroatoms. The number of carbonyl (C=O) groups excluding carboxylic acids is 1. The second-order valence-corrected chi connectivity index (χ2v) is 6.44. The molecule has 0 bridgehead atoms. The predicted molar refractivity (Wildman–Crippen MR) is 69.7 cm³/mol. The van der Waals surface area contributed by atoms with Crippen LogP contribution in [0.1, 0.15) is 45.4 Å². The predicted octanol–water partition coefficient (Wildman–Crippen LogP) is 3.20. The Morgan fingerprint density at radius 3 is 2.75 bits per heavy atom. The van der Waals surface area contributed by atoms with E-state index in [-0.39, 0.29) is 5.41 Å². The largest absolute Gasteiger partial charge is 0.342 e. The Hall–Kier alpha value is -0.0500. The quantitative estimate of drug-likeness (QED) is 0.730. The van der Waals surface area contributed by atoms with Gasteiger partial charge in [0.1, 0.15) is 0 Å². The fraction of sp³-hybridized carbons (Fsp3) is 0.923. The van der Waals surface area contributed by atoms with Crippen LogP contribution >= 0.6 is 15.9 Å². The number of hydrogen-bond donors (Lipinski definition) is 0. The lowest BCUT2D eigenvalue weighted by Crippen LogP contribution is -2.39. The number of hydrogen-bond acceptors (Lipinski definition) is 1. The number of rotatable bonds is 3. The molecule has 1 atom stereocenters. The Morgan fingerprint density at radius 1 is 1.44 bits per heavy atom. The second-order valence-electron chi connectivity index (χ2n) is 5.65. The van der Waals surface area contributed by atoms with Crippen molar-refractivity contribution in [3.63, 3.8) is 0 Å². The number of amides is 1. The fourth-order valence-corrected chi connectivity index (χ4v) is 3.81. The van der Waals surface area contributed by atoms with Crippen molar-refractivity contribution in [2.75, 3.05) is 18.4 Å². The van der Waals surface area contributed by atoms with Gasteiger partial charge in [0.2, 0.25) is 5.91 Å². The van der Waals surface area contributed by atoms with E-state index in [9.17, 15) is 4.79 Å². The van der Waals surface area contributed by atoms with Crippen LogP contribution in [0.15, 0.2) is 0 Å². The van der Waals surface area contributed by atoms with Crippen LogP contribution < -0.4 is 0 Å². The van der Waals surface area contributed by atoms with Crippen molar-refractivity contribution >= 4 is 21.8 Å². The van der Waals surface area contributed by atoms with Gasteiger partial charge in [-0.3, -0.25) is 4.79 Å². The third-order valence-corrected chi connectivity index (χ3v) is 4.77. The van der Waals surface area contributed by atoms with Crippen LogP contribution in [0.2, 0.25) is 0 Å². The molecule has 16 heavy (non-hydrogen) atoms. The lowest BCUT2D eigenvalue weighted by molar-refractivity contribution is -0.140. The highest BCUT2D eigenvalue weighted by atomic mass is 79.9. The maximum Gasteiger partial charge on any atom is 0.228 e. The molecule has 0 spiro atoms. The highest BCUT2D eigenvalue weighted by Crippen LogP contribution is 2.40. The molecular weight excluding hydrogens is 266 g/mol. The van der Waals surface area contributed by atoms with Gasteiger partial charge in [-0.15, -0.1) is 0 Å². The topological polar surface area (TPSA) is 20.3 Å². The molecule has 0 aromatic carbocycles. The molecule has 2 rings (SSSR count). The molecule has 2 nitrogen and oxygen atoms in total. The minimum absolute atomic E-state index is 0.0245. The summed E-state index contributed by atoms with van der Waals surface area (Å²) in [5.74, 6) is 1.16. The first-order valence-corrected chi connectivity index (χ1v) is 7.63. The van der Waals surface area contributed by atoms with Crippen LogP contribution in [0.5, 0.6) is 0 Å². The summed E-state index contributed by atoms with van der Waals surface area (Å²) in [6.45, 7) is 4.16. The molecule has 1 saturated carbocycles. The van der Waals surface area contributed by atoms with E-state index >= 15 is 0 Å². The maximum atomic E-state index is 12.4. The Labute approximate surface area is 107 Å². The molecule has 0 radical (unpaired) electrons. The summed E-state index contributed by atoms with van der Waals surface area (Å²) in [4.78, 5) is 14.6. The lowest BCUT2D eigenvalue weighted by Gasteiger charge is -2.28. The van der Waals surface area contributed by atoms with Gasteiger partial charge in [0.05, 0.1) is 0 Å². The van der Waals surface area contributed by atoms with Crippen LogP contribution in [0.25, 0.3) is 0 Å². The first-order valence-electron chi connectivity index (χ1n) is 6.51. The molecule has 2 fully saturated rings. The Kier molecular flexibility index (Phi) is 3.93. The van der Waals surface area contributed by atoms with Crippen molar-refractivity contribution < 1.29 is 4.79 Å². The summed E-state index contributed by atoms with van der Waals surface area (Å²) >= 11 is 3.49. The molecular formula is C13H22BrNO. The molecule has 0 aromatic rings. The van der Waals surface area contributed by atoms with E-state index in [0.717, 1.165) is 37.2 Å². The monoisotopic (exact) mass is 287 g/mol. The third-order valence-electron chi connectivity index (χ3n) is 4.31. The molecule has 1 amide bonds. The lowest BCUT2D eigenvalue weighted by atomic mass is 9.87. The highest BCUT2D eigenvalue weighted by Gasteiger charge is 2.40. The van der Waals surface area contributed by atoms with E-state index in [2.05, 4.69) is 27.8 Å². The fourth-order valence-electron chi connectivity index (χ4n) is 3.16. The van der Waals surface area contributed by atoms with E-state index in [1.807, 2.05) is 0 Å². The zero-order chi connectivity index (χ0) is 11.6. The molecule has 1 unspecified atom stereocenters.